The molecule has 37 heavy (non-hydrogen) atoms. The molecule has 0 atom stereocenters. The maximum absolute atomic E-state index is 10.5. The highest BCUT2D eigenvalue weighted by Crippen LogP contribution is 2.12. The molecule has 0 radical (unpaired) electrons. The first-order chi connectivity index (χ1) is 17.8. The van der Waals surface area contributed by atoms with Gasteiger partial charge in [-0.2, -0.15) is 0 Å². The number of carboxylic acid groups (broad SMARTS) is 3. The van der Waals surface area contributed by atoms with Crippen molar-refractivity contribution in [3.8, 4) is 11.5 Å². The van der Waals surface area contributed by atoms with E-state index in [1.54, 1.807) is 68.8 Å². The quantitative estimate of drug-likeness (QED) is 0.318. The lowest BCUT2D eigenvalue weighted by Crippen LogP contribution is -2.04. The predicted molar refractivity (Wildman–Crippen MR) is 135 cm³/mol. The van der Waals surface area contributed by atoms with Gasteiger partial charge in [-0.05, 0) is 60.7 Å². The van der Waals surface area contributed by atoms with Crippen LogP contribution >= 0.6 is 0 Å². The van der Waals surface area contributed by atoms with Crippen molar-refractivity contribution in [3.63, 3.8) is 0 Å². The second-order valence-electron chi connectivity index (χ2n) is 7.01. The Morgan fingerprint density at radius 2 is 0.838 bits per heavy atom. The zero-order chi connectivity index (χ0) is 27.5. The van der Waals surface area contributed by atoms with E-state index in [0.29, 0.717) is 43.5 Å². The molecule has 198 valence electrons. The highest BCUT2D eigenvalue weighted by Gasteiger charge is 2.02. The number of ether oxygens (including phenoxy) is 4. The van der Waals surface area contributed by atoms with E-state index in [-0.39, 0.29) is 11.1 Å². The van der Waals surface area contributed by atoms with Gasteiger partial charge >= 0.3 is 17.9 Å². The van der Waals surface area contributed by atoms with Gasteiger partial charge in [0.15, 0.2) is 0 Å². The molecular formula is C27H30O10. The van der Waals surface area contributed by atoms with Gasteiger partial charge in [-0.3, -0.25) is 0 Å². The Labute approximate surface area is 214 Å². The molecule has 0 amide bonds. The molecule has 0 saturated heterocycles. The van der Waals surface area contributed by atoms with E-state index in [0.717, 1.165) is 0 Å². The third-order valence-corrected chi connectivity index (χ3v) is 4.34. The first kappa shape index (κ1) is 30.6. The van der Waals surface area contributed by atoms with Crippen molar-refractivity contribution in [2.75, 3.05) is 40.6 Å². The summed E-state index contributed by atoms with van der Waals surface area (Å²) in [6.45, 7) is 1.95. The molecule has 0 aliphatic carbocycles. The Kier molecular flexibility index (Phi) is 14.8. The summed E-state index contributed by atoms with van der Waals surface area (Å²) < 4.78 is 20.1. The molecular weight excluding hydrogens is 484 g/mol. The molecule has 0 saturated carbocycles. The van der Waals surface area contributed by atoms with Gasteiger partial charge in [-0.25, -0.2) is 14.4 Å². The second kappa shape index (κ2) is 17.9. The fourth-order valence-corrected chi connectivity index (χ4v) is 2.45. The van der Waals surface area contributed by atoms with Crippen molar-refractivity contribution in [2.24, 2.45) is 0 Å². The van der Waals surface area contributed by atoms with Gasteiger partial charge in [-0.15, -0.1) is 0 Å². The normalized spacial score (nSPS) is 9.57. The molecule has 3 aromatic carbocycles. The summed E-state index contributed by atoms with van der Waals surface area (Å²) in [5.74, 6) is -1.46. The molecule has 0 spiro atoms. The van der Waals surface area contributed by atoms with Crippen LogP contribution in [0.1, 0.15) is 31.1 Å². The average Bonchev–Trinajstić information content (AvgIpc) is 2.91. The highest BCUT2D eigenvalue weighted by atomic mass is 16.5. The van der Waals surface area contributed by atoms with Gasteiger partial charge in [0.1, 0.15) is 24.7 Å². The fraction of sp³-hybridized carbons (Fsp3) is 0.222. The molecule has 3 aromatic rings. The second-order valence-corrected chi connectivity index (χ2v) is 7.01. The van der Waals surface area contributed by atoms with E-state index < -0.39 is 17.9 Å². The number of hydrogen-bond donors (Lipinski definition) is 3. The topological polar surface area (TPSA) is 149 Å². The van der Waals surface area contributed by atoms with Crippen LogP contribution in [-0.2, 0) is 9.47 Å². The monoisotopic (exact) mass is 514 g/mol. The van der Waals surface area contributed by atoms with E-state index in [1.165, 1.54) is 24.3 Å². The predicted octanol–water partition coefficient (Wildman–Crippen LogP) is 4.20. The fourth-order valence-electron chi connectivity index (χ4n) is 2.45. The number of carbonyl (C=O) groups is 3. The van der Waals surface area contributed by atoms with Gasteiger partial charge in [0.05, 0.1) is 29.9 Å². The molecule has 0 fully saturated rings. The zero-order valence-electron chi connectivity index (χ0n) is 20.5. The largest absolute Gasteiger partial charge is 0.491 e. The van der Waals surface area contributed by atoms with Crippen molar-refractivity contribution in [1.29, 1.82) is 0 Å². The van der Waals surface area contributed by atoms with Crippen molar-refractivity contribution in [1.82, 2.24) is 0 Å². The smallest absolute Gasteiger partial charge is 0.335 e. The van der Waals surface area contributed by atoms with Crippen LogP contribution in [0.15, 0.2) is 78.9 Å². The standard InChI is InChI=1S/2C10H12O4.C7H6O2/c2*1-13-6-7-14-9-4-2-8(3-5-9)10(11)12;8-7(9)6-4-2-1-3-5-6/h2*2-5H,6-7H2,1H3,(H,11,12);1-5H,(H,8,9). The Morgan fingerprint density at radius 1 is 0.514 bits per heavy atom. The SMILES string of the molecule is COCCOc1ccc(C(=O)O)cc1.COCCOc1ccc(C(=O)O)cc1.O=C(O)c1ccccc1. The molecule has 3 rings (SSSR count). The first-order valence-electron chi connectivity index (χ1n) is 11.0. The van der Waals surface area contributed by atoms with Gasteiger partial charge in [0.2, 0.25) is 0 Å². The van der Waals surface area contributed by atoms with Crippen LogP contribution in [0.4, 0.5) is 0 Å². The van der Waals surface area contributed by atoms with Crippen molar-refractivity contribution < 1.29 is 48.7 Å². The van der Waals surface area contributed by atoms with Crippen LogP contribution in [0.5, 0.6) is 11.5 Å². The zero-order valence-corrected chi connectivity index (χ0v) is 20.5. The minimum atomic E-state index is -0.937. The summed E-state index contributed by atoms with van der Waals surface area (Å²) in [6.07, 6.45) is 0. The number of carboxylic acids is 3. The van der Waals surface area contributed by atoms with Crippen LogP contribution in [-0.4, -0.2) is 73.9 Å². The summed E-state index contributed by atoms with van der Waals surface area (Å²) in [7, 11) is 3.19. The summed E-state index contributed by atoms with van der Waals surface area (Å²) >= 11 is 0. The third-order valence-electron chi connectivity index (χ3n) is 4.34. The van der Waals surface area contributed by atoms with E-state index in [1.807, 2.05) is 0 Å². The summed E-state index contributed by atoms with van der Waals surface area (Å²) in [6, 6.07) is 20.8. The van der Waals surface area contributed by atoms with E-state index in [4.69, 9.17) is 34.3 Å². The lowest BCUT2D eigenvalue weighted by atomic mass is 10.2. The average molecular weight is 515 g/mol. The van der Waals surface area contributed by atoms with E-state index >= 15 is 0 Å². The van der Waals surface area contributed by atoms with Crippen molar-refractivity contribution in [2.45, 2.75) is 0 Å². The minimum absolute atomic E-state index is 0.254. The lowest BCUT2D eigenvalue weighted by Gasteiger charge is -2.04. The van der Waals surface area contributed by atoms with Crippen LogP contribution in [0.25, 0.3) is 0 Å². The summed E-state index contributed by atoms with van der Waals surface area (Å²) in [4.78, 5) is 31.2. The Morgan fingerprint density at radius 3 is 1.11 bits per heavy atom. The summed E-state index contributed by atoms with van der Waals surface area (Å²) in [5, 5.41) is 25.6. The minimum Gasteiger partial charge on any atom is -0.491 e. The van der Waals surface area contributed by atoms with Gasteiger partial charge < -0.3 is 34.3 Å². The Hall–Kier alpha value is -4.41. The molecule has 10 nitrogen and oxygen atoms in total. The van der Waals surface area contributed by atoms with E-state index in [9.17, 15) is 14.4 Å². The van der Waals surface area contributed by atoms with Gasteiger partial charge in [0.25, 0.3) is 0 Å². The molecule has 0 aliphatic rings. The maximum atomic E-state index is 10.5. The Bertz CT molecular complexity index is 1000. The van der Waals surface area contributed by atoms with Crippen LogP contribution < -0.4 is 9.47 Å². The summed E-state index contributed by atoms with van der Waals surface area (Å²) in [5.41, 5.74) is 0.839. The highest BCUT2D eigenvalue weighted by molar-refractivity contribution is 5.88. The van der Waals surface area contributed by atoms with E-state index in [2.05, 4.69) is 0 Å². The van der Waals surface area contributed by atoms with Gasteiger partial charge in [0, 0.05) is 14.2 Å². The molecule has 0 bridgehead atoms. The number of methoxy groups -OCH3 is 2. The number of benzene rings is 3. The van der Waals surface area contributed by atoms with Gasteiger partial charge in [-0.1, -0.05) is 18.2 Å². The third kappa shape index (κ3) is 13.3. The van der Waals surface area contributed by atoms with Crippen LogP contribution in [0, 0.1) is 0 Å². The first-order valence-corrected chi connectivity index (χ1v) is 11.0. The Balaban J connectivity index is 0.000000285. The van der Waals surface area contributed by atoms with Crippen LogP contribution in [0.2, 0.25) is 0 Å². The van der Waals surface area contributed by atoms with Crippen molar-refractivity contribution >= 4 is 17.9 Å². The van der Waals surface area contributed by atoms with Crippen molar-refractivity contribution in [3.05, 3.63) is 95.6 Å². The number of hydrogen-bond acceptors (Lipinski definition) is 7. The maximum Gasteiger partial charge on any atom is 0.335 e. The lowest BCUT2D eigenvalue weighted by molar-refractivity contribution is 0.0686. The van der Waals surface area contributed by atoms with Crippen LogP contribution in [0.3, 0.4) is 0 Å². The molecule has 0 aromatic heterocycles. The molecule has 10 heteroatoms. The molecule has 0 heterocycles. The molecule has 0 unspecified atom stereocenters. The molecule has 0 aliphatic heterocycles. The number of aromatic carboxylic acids is 3. The molecule has 3 N–H and O–H groups in total. The number of rotatable bonds is 11.